The predicted octanol–water partition coefficient (Wildman–Crippen LogP) is 3.34. The fourth-order valence-corrected chi connectivity index (χ4v) is 2.86. The van der Waals surface area contributed by atoms with Gasteiger partial charge >= 0.3 is 0 Å². The van der Waals surface area contributed by atoms with Crippen LogP contribution < -0.4 is 5.32 Å². The number of ether oxygens (including phenoxy) is 1. The molecule has 3 rings (SSSR count). The Kier molecular flexibility index (Phi) is 4.98. The van der Waals surface area contributed by atoms with E-state index in [0.29, 0.717) is 12.0 Å². The van der Waals surface area contributed by atoms with Crippen LogP contribution >= 0.6 is 0 Å². The quantitative estimate of drug-likeness (QED) is 0.882. The second kappa shape index (κ2) is 7.34. The van der Waals surface area contributed by atoms with Crippen molar-refractivity contribution in [3.8, 4) is 0 Å². The Balaban J connectivity index is 1.66. The topological polar surface area (TPSA) is 34.1 Å². The number of hydrogen-bond donors (Lipinski definition) is 1. The van der Waals surface area contributed by atoms with E-state index in [1.807, 2.05) is 18.3 Å². The van der Waals surface area contributed by atoms with Gasteiger partial charge in [-0.2, -0.15) is 0 Å². The molecule has 1 aliphatic heterocycles. The SMILES string of the molecule is c1ccc([C@@H](C[C@@H]2CCOC2)NCc2ccccn2)cc1. The highest BCUT2D eigenvalue weighted by molar-refractivity contribution is 5.19. The van der Waals surface area contributed by atoms with E-state index in [1.54, 1.807) is 0 Å². The third-order valence-corrected chi connectivity index (χ3v) is 4.05. The molecule has 1 aromatic heterocycles. The minimum atomic E-state index is 0.361. The van der Waals surface area contributed by atoms with Gasteiger partial charge in [0.1, 0.15) is 0 Å². The number of aromatic nitrogens is 1. The molecule has 1 aromatic carbocycles. The first kappa shape index (κ1) is 14.2. The lowest BCUT2D eigenvalue weighted by atomic mass is 9.94. The van der Waals surface area contributed by atoms with Gasteiger partial charge in [0, 0.05) is 32.0 Å². The first-order valence-corrected chi connectivity index (χ1v) is 7.68. The average Bonchev–Trinajstić information content (AvgIpc) is 3.06. The van der Waals surface area contributed by atoms with Crippen LogP contribution in [0.15, 0.2) is 54.7 Å². The van der Waals surface area contributed by atoms with E-state index in [9.17, 15) is 0 Å². The number of benzene rings is 1. The van der Waals surface area contributed by atoms with Gasteiger partial charge < -0.3 is 10.1 Å². The maximum atomic E-state index is 5.52. The van der Waals surface area contributed by atoms with Gasteiger partial charge in [0.25, 0.3) is 0 Å². The summed E-state index contributed by atoms with van der Waals surface area (Å²) in [5.74, 6) is 0.659. The van der Waals surface area contributed by atoms with Crippen LogP contribution in [0.5, 0.6) is 0 Å². The van der Waals surface area contributed by atoms with Crippen molar-refractivity contribution < 1.29 is 4.74 Å². The normalized spacial score (nSPS) is 19.5. The molecule has 0 aliphatic carbocycles. The molecule has 0 saturated carbocycles. The summed E-state index contributed by atoms with van der Waals surface area (Å²) in [5, 5.41) is 3.66. The number of pyridine rings is 1. The van der Waals surface area contributed by atoms with Crippen LogP contribution in [-0.2, 0) is 11.3 Å². The van der Waals surface area contributed by atoms with Gasteiger partial charge in [-0.25, -0.2) is 0 Å². The van der Waals surface area contributed by atoms with E-state index in [2.05, 4.69) is 46.7 Å². The van der Waals surface area contributed by atoms with Crippen molar-refractivity contribution in [1.29, 1.82) is 0 Å². The molecular weight excluding hydrogens is 260 g/mol. The molecule has 21 heavy (non-hydrogen) atoms. The predicted molar refractivity (Wildman–Crippen MR) is 83.8 cm³/mol. The van der Waals surface area contributed by atoms with E-state index in [1.165, 1.54) is 12.0 Å². The molecule has 0 unspecified atom stereocenters. The zero-order chi connectivity index (χ0) is 14.3. The molecule has 1 N–H and O–H groups in total. The highest BCUT2D eigenvalue weighted by Crippen LogP contribution is 2.26. The molecule has 0 bridgehead atoms. The highest BCUT2D eigenvalue weighted by atomic mass is 16.5. The van der Waals surface area contributed by atoms with Crippen LogP contribution in [0.4, 0.5) is 0 Å². The van der Waals surface area contributed by atoms with Gasteiger partial charge in [0.05, 0.1) is 5.69 Å². The average molecular weight is 282 g/mol. The molecule has 3 heteroatoms. The molecule has 0 spiro atoms. The summed E-state index contributed by atoms with van der Waals surface area (Å²) in [5.41, 5.74) is 2.43. The van der Waals surface area contributed by atoms with E-state index in [-0.39, 0.29) is 0 Å². The summed E-state index contributed by atoms with van der Waals surface area (Å²) >= 11 is 0. The number of rotatable bonds is 6. The molecule has 1 fully saturated rings. The molecule has 0 amide bonds. The van der Waals surface area contributed by atoms with Crippen molar-refractivity contribution in [2.75, 3.05) is 13.2 Å². The Morgan fingerprint density at radius 3 is 2.71 bits per heavy atom. The van der Waals surface area contributed by atoms with Gasteiger partial charge in [-0.15, -0.1) is 0 Å². The van der Waals surface area contributed by atoms with Crippen LogP contribution in [0, 0.1) is 5.92 Å². The van der Waals surface area contributed by atoms with E-state index in [4.69, 9.17) is 4.74 Å². The fraction of sp³-hybridized carbons (Fsp3) is 0.389. The lowest BCUT2D eigenvalue weighted by molar-refractivity contribution is 0.181. The molecule has 2 atom stereocenters. The van der Waals surface area contributed by atoms with Crippen molar-refractivity contribution in [1.82, 2.24) is 10.3 Å². The van der Waals surface area contributed by atoms with Crippen LogP contribution in [0.1, 0.15) is 30.1 Å². The number of hydrogen-bond acceptors (Lipinski definition) is 3. The van der Waals surface area contributed by atoms with E-state index in [0.717, 1.165) is 31.9 Å². The first-order chi connectivity index (χ1) is 10.4. The summed E-state index contributed by atoms with van der Waals surface area (Å²) in [6.07, 6.45) is 4.14. The Morgan fingerprint density at radius 1 is 1.14 bits per heavy atom. The molecule has 1 aliphatic rings. The van der Waals surface area contributed by atoms with Crippen molar-refractivity contribution in [3.63, 3.8) is 0 Å². The van der Waals surface area contributed by atoms with Crippen molar-refractivity contribution in [3.05, 3.63) is 66.0 Å². The maximum absolute atomic E-state index is 5.52. The molecule has 3 nitrogen and oxygen atoms in total. The molecule has 1 saturated heterocycles. The standard InChI is InChI=1S/C18H22N2O/c1-2-6-16(7-3-1)18(12-15-9-11-21-14-15)20-13-17-8-4-5-10-19-17/h1-8,10,15,18,20H,9,11-14H2/t15-,18+/m0/s1. The van der Waals surface area contributed by atoms with Gasteiger partial charge in [0.15, 0.2) is 0 Å². The Hall–Kier alpha value is -1.71. The monoisotopic (exact) mass is 282 g/mol. The van der Waals surface area contributed by atoms with Gasteiger partial charge in [-0.05, 0) is 36.5 Å². The third kappa shape index (κ3) is 4.13. The number of nitrogens with zero attached hydrogens (tertiary/aromatic N) is 1. The highest BCUT2D eigenvalue weighted by Gasteiger charge is 2.21. The molecular formula is C18H22N2O. The van der Waals surface area contributed by atoms with E-state index >= 15 is 0 Å². The fourth-order valence-electron chi connectivity index (χ4n) is 2.86. The molecule has 0 radical (unpaired) electrons. The first-order valence-electron chi connectivity index (χ1n) is 7.68. The minimum Gasteiger partial charge on any atom is -0.381 e. The second-order valence-corrected chi connectivity index (χ2v) is 5.63. The van der Waals surface area contributed by atoms with Gasteiger partial charge in [-0.1, -0.05) is 36.4 Å². The van der Waals surface area contributed by atoms with Crippen molar-refractivity contribution >= 4 is 0 Å². The molecule has 110 valence electrons. The van der Waals surface area contributed by atoms with E-state index < -0.39 is 0 Å². The third-order valence-electron chi connectivity index (χ3n) is 4.05. The Labute approximate surface area is 126 Å². The lowest BCUT2D eigenvalue weighted by Crippen LogP contribution is -2.24. The van der Waals surface area contributed by atoms with Gasteiger partial charge in [0.2, 0.25) is 0 Å². The zero-order valence-electron chi connectivity index (χ0n) is 12.2. The summed E-state index contributed by atoms with van der Waals surface area (Å²) in [4.78, 5) is 4.39. The van der Waals surface area contributed by atoms with Gasteiger partial charge in [-0.3, -0.25) is 4.98 Å². The van der Waals surface area contributed by atoms with Crippen LogP contribution in [0.2, 0.25) is 0 Å². The smallest absolute Gasteiger partial charge is 0.0541 e. The lowest BCUT2D eigenvalue weighted by Gasteiger charge is -2.22. The minimum absolute atomic E-state index is 0.361. The summed E-state index contributed by atoms with van der Waals surface area (Å²) in [6, 6.07) is 17.1. The summed E-state index contributed by atoms with van der Waals surface area (Å²) in [6.45, 7) is 2.61. The molecule has 2 aromatic rings. The Bertz CT molecular complexity index is 523. The summed E-state index contributed by atoms with van der Waals surface area (Å²) in [7, 11) is 0. The van der Waals surface area contributed by atoms with Crippen LogP contribution in [0.3, 0.4) is 0 Å². The van der Waals surface area contributed by atoms with Crippen LogP contribution in [-0.4, -0.2) is 18.2 Å². The van der Waals surface area contributed by atoms with Crippen molar-refractivity contribution in [2.24, 2.45) is 5.92 Å². The molecule has 2 heterocycles. The number of nitrogens with one attached hydrogen (secondary N) is 1. The zero-order valence-corrected chi connectivity index (χ0v) is 12.2. The second-order valence-electron chi connectivity index (χ2n) is 5.63. The largest absolute Gasteiger partial charge is 0.381 e. The Morgan fingerprint density at radius 2 is 2.00 bits per heavy atom. The van der Waals surface area contributed by atoms with Crippen molar-refractivity contribution in [2.45, 2.75) is 25.4 Å². The maximum Gasteiger partial charge on any atom is 0.0541 e. The summed E-state index contributed by atoms with van der Waals surface area (Å²) < 4.78 is 5.52. The van der Waals surface area contributed by atoms with Crippen LogP contribution in [0.25, 0.3) is 0 Å².